The summed E-state index contributed by atoms with van der Waals surface area (Å²) < 4.78 is 2.29. The van der Waals surface area contributed by atoms with Gasteiger partial charge in [-0.15, -0.1) is 0 Å². The molecular weight excluding hydrogens is 262 g/mol. The number of allylic oxidation sites excluding steroid dienone is 3. The molecule has 0 spiro atoms. The first-order valence-corrected chi connectivity index (χ1v) is 7.20. The summed E-state index contributed by atoms with van der Waals surface area (Å²) in [5.74, 6) is -1.45. The number of rotatable bonds is 0. The third kappa shape index (κ3) is 2.18. The fourth-order valence-electron chi connectivity index (χ4n) is 2.49. The van der Waals surface area contributed by atoms with Crippen molar-refractivity contribution in [1.82, 2.24) is 0 Å². The molecule has 1 N–H and O–H groups in total. The zero-order valence-corrected chi connectivity index (χ0v) is 11.2. The van der Waals surface area contributed by atoms with Crippen LogP contribution in [0.3, 0.4) is 0 Å². The van der Waals surface area contributed by atoms with Crippen LogP contribution in [0.15, 0.2) is 34.5 Å². The summed E-state index contributed by atoms with van der Waals surface area (Å²) in [7, 11) is 0. The third-order valence-corrected chi connectivity index (χ3v) is 4.64. The number of aliphatic hydroxyl groups excluding tert-OH is 1. The van der Waals surface area contributed by atoms with Crippen LogP contribution < -0.4 is 0 Å². The van der Waals surface area contributed by atoms with Crippen LogP contribution in [0, 0.1) is 0 Å². The van der Waals surface area contributed by atoms with Crippen molar-refractivity contribution in [2.75, 3.05) is 13.1 Å². The third-order valence-electron chi connectivity index (χ3n) is 3.48. The predicted octanol–water partition coefficient (Wildman–Crippen LogP) is 1.73. The van der Waals surface area contributed by atoms with Crippen LogP contribution in [0.5, 0.6) is 0 Å². The van der Waals surface area contributed by atoms with Gasteiger partial charge in [0.25, 0.3) is 0 Å². The Morgan fingerprint density at radius 2 is 1.84 bits per heavy atom. The summed E-state index contributed by atoms with van der Waals surface area (Å²) in [6.07, 6.45) is 8.41. The van der Waals surface area contributed by atoms with Gasteiger partial charge in [0, 0.05) is 29.9 Å². The maximum atomic E-state index is 11.7. The first kappa shape index (κ1) is 12.4. The fourth-order valence-corrected chi connectivity index (χ4v) is 3.59. The van der Waals surface area contributed by atoms with E-state index in [0.29, 0.717) is 4.91 Å². The number of aliphatic hydroxyl groups is 1. The Morgan fingerprint density at radius 1 is 1.11 bits per heavy atom. The molecule has 19 heavy (non-hydrogen) atoms. The lowest BCUT2D eigenvalue weighted by atomic mass is 10.1. The van der Waals surface area contributed by atoms with Crippen molar-refractivity contribution in [3.05, 3.63) is 34.5 Å². The molecule has 2 aliphatic heterocycles. The zero-order chi connectivity index (χ0) is 13.4. The minimum Gasteiger partial charge on any atom is -0.507 e. The predicted molar refractivity (Wildman–Crippen MR) is 73.3 cm³/mol. The van der Waals surface area contributed by atoms with Crippen molar-refractivity contribution in [3.63, 3.8) is 0 Å². The van der Waals surface area contributed by atoms with Crippen LogP contribution >= 0.6 is 11.8 Å². The van der Waals surface area contributed by atoms with Crippen LogP contribution in [0.25, 0.3) is 0 Å². The fraction of sp³-hybridized carbons (Fsp3) is 0.357. The van der Waals surface area contributed by atoms with E-state index in [1.165, 1.54) is 31.0 Å². The highest BCUT2D eigenvalue weighted by Gasteiger charge is 2.33. The van der Waals surface area contributed by atoms with Gasteiger partial charge in [-0.05, 0) is 24.3 Å². The van der Waals surface area contributed by atoms with E-state index in [2.05, 4.69) is 4.58 Å². The molecule has 0 radical (unpaired) electrons. The molecule has 0 amide bonds. The first-order valence-electron chi connectivity index (χ1n) is 6.38. The molecule has 1 fully saturated rings. The molecule has 0 bridgehead atoms. The number of nitrogens with zero attached hydrogens (tertiary/aromatic N) is 1. The van der Waals surface area contributed by atoms with Crippen molar-refractivity contribution < 1.29 is 19.3 Å². The normalized spacial score (nSPS) is 27.5. The molecule has 0 unspecified atom stereocenters. The van der Waals surface area contributed by atoms with Crippen LogP contribution in [0.1, 0.15) is 19.3 Å². The second kappa shape index (κ2) is 4.81. The summed E-state index contributed by atoms with van der Waals surface area (Å²) in [4.78, 5) is 23.6. The van der Waals surface area contributed by atoms with Crippen molar-refractivity contribution in [2.45, 2.75) is 19.3 Å². The monoisotopic (exact) mass is 276 g/mol. The van der Waals surface area contributed by atoms with E-state index in [1.807, 2.05) is 12.2 Å². The van der Waals surface area contributed by atoms with Gasteiger partial charge < -0.3 is 5.11 Å². The lowest BCUT2D eigenvalue weighted by Crippen LogP contribution is -2.23. The lowest BCUT2D eigenvalue weighted by molar-refractivity contribution is -0.534. The van der Waals surface area contributed by atoms with Gasteiger partial charge >= 0.3 is 0 Å². The molecular formula is C14H14NO3S+. The molecule has 0 atom stereocenters. The van der Waals surface area contributed by atoms with Crippen molar-refractivity contribution >= 4 is 28.4 Å². The number of ketones is 2. The summed E-state index contributed by atoms with van der Waals surface area (Å²) in [5.41, 5.74) is 0.151. The Morgan fingerprint density at radius 3 is 2.47 bits per heavy atom. The van der Waals surface area contributed by atoms with Gasteiger partial charge in [-0.25, -0.2) is 4.58 Å². The lowest BCUT2D eigenvalue weighted by Gasteiger charge is -2.10. The minimum atomic E-state index is -0.638. The SMILES string of the molecule is O=C1C=C(O)C(=C2C=CC(=[N+]3CCCCC3)S2)C1=O. The highest BCUT2D eigenvalue weighted by atomic mass is 32.2. The van der Waals surface area contributed by atoms with E-state index in [-0.39, 0.29) is 11.3 Å². The molecule has 5 heteroatoms. The molecule has 0 aromatic heterocycles. The van der Waals surface area contributed by atoms with E-state index >= 15 is 0 Å². The van der Waals surface area contributed by atoms with Crippen LogP contribution in [-0.2, 0) is 9.59 Å². The maximum absolute atomic E-state index is 11.7. The number of carbonyl (C=O) groups excluding carboxylic acids is 2. The van der Waals surface area contributed by atoms with Crippen molar-refractivity contribution in [1.29, 1.82) is 0 Å². The van der Waals surface area contributed by atoms with Crippen LogP contribution in [0.4, 0.5) is 0 Å². The molecule has 3 rings (SSSR count). The Labute approximate surface area is 115 Å². The molecule has 1 saturated heterocycles. The topological polar surface area (TPSA) is 57.4 Å². The van der Waals surface area contributed by atoms with E-state index in [4.69, 9.17) is 0 Å². The van der Waals surface area contributed by atoms with Crippen LogP contribution in [0.2, 0.25) is 0 Å². The van der Waals surface area contributed by atoms with E-state index in [1.54, 1.807) is 0 Å². The molecule has 0 aromatic carbocycles. The van der Waals surface area contributed by atoms with Gasteiger partial charge in [0.2, 0.25) is 16.6 Å². The minimum absolute atomic E-state index is 0.151. The number of hydrogen-bond acceptors (Lipinski definition) is 4. The number of Topliss-reactive ketones (excluding diaryl/α,β-unsaturated/α-hetero) is 1. The Kier molecular flexibility index (Phi) is 3.14. The van der Waals surface area contributed by atoms with E-state index < -0.39 is 11.6 Å². The molecule has 0 aromatic rings. The molecule has 3 aliphatic rings. The highest BCUT2D eigenvalue weighted by Crippen LogP contribution is 2.34. The van der Waals surface area contributed by atoms with Gasteiger partial charge in [-0.3, -0.25) is 9.59 Å². The van der Waals surface area contributed by atoms with Gasteiger partial charge in [0.1, 0.15) is 18.8 Å². The average Bonchev–Trinajstić information content (AvgIpc) is 2.97. The summed E-state index contributed by atoms with van der Waals surface area (Å²) in [5, 5.41) is 10.8. The second-order valence-corrected chi connectivity index (χ2v) is 5.85. The Hall–Kier alpha value is -1.62. The molecule has 98 valence electrons. The summed E-state index contributed by atoms with van der Waals surface area (Å²) in [6, 6.07) is 0. The number of hydrogen-bond donors (Lipinski definition) is 1. The molecule has 2 heterocycles. The molecule has 4 nitrogen and oxygen atoms in total. The summed E-state index contributed by atoms with van der Waals surface area (Å²) >= 11 is 1.46. The Bertz CT molecular complexity index is 588. The average molecular weight is 276 g/mol. The Balaban J connectivity index is 1.91. The van der Waals surface area contributed by atoms with E-state index in [9.17, 15) is 14.7 Å². The second-order valence-electron chi connectivity index (χ2n) is 4.78. The van der Waals surface area contributed by atoms with E-state index in [0.717, 1.165) is 24.2 Å². The van der Waals surface area contributed by atoms with Gasteiger partial charge in [-0.1, -0.05) is 0 Å². The standard InChI is InChI=1S/C14H13NO3S/c16-9-8-10(17)14(18)13(9)11-4-5-12(19-11)15-6-2-1-3-7-15/h4-5,8H,1-3,6-7H2/p+1. The van der Waals surface area contributed by atoms with Crippen molar-refractivity contribution in [2.24, 2.45) is 0 Å². The number of thioether (sulfide) groups is 1. The maximum Gasteiger partial charge on any atom is 0.239 e. The van der Waals surface area contributed by atoms with Gasteiger partial charge in [0.15, 0.2) is 0 Å². The van der Waals surface area contributed by atoms with Gasteiger partial charge in [0.05, 0.1) is 5.57 Å². The van der Waals surface area contributed by atoms with Crippen molar-refractivity contribution in [3.8, 4) is 0 Å². The van der Waals surface area contributed by atoms with Crippen LogP contribution in [-0.4, -0.2) is 39.4 Å². The largest absolute Gasteiger partial charge is 0.507 e. The first-order chi connectivity index (χ1) is 9.16. The zero-order valence-electron chi connectivity index (χ0n) is 10.4. The van der Waals surface area contributed by atoms with Gasteiger partial charge in [-0.2, -0.15) is 0 Å². The quantitative estimate of drug-likeness (QED) is 0.416. The highest BCUT2D eigenvalue weighted by molar-refractivity contribution is 8.18. The number of carbonyl (C=O) groups is 2. The smallest absolute Gasteiger partial charge is 0.239 e. The molecule has 0 saturated carbocycles. The molecule has 1 aliphatic carbocycles. The summed E-state index contributed by atoms with van der Waals surface area (Å²) in [6.45, 7) is 2.06. The number of piperidine rings is 1.